The van der Waals surface area contributed by atoms with Crippen molar-refractivity contribution in [2.75, 3.05) is 5.33 Å². The Balaban J connectivity index is 2.88. The molecule has 2 atom stereocenters. The fourth-order valence-corrected chi connectivity index (χ4v) is 2.33. The molecule has 0 aliphatic carbocycles. The minimum Gasteiger partial charge on any atom is -0.390 e. The summed E-state index contributed by atoms with van der Waals surface area (Å²) in [4.78, 5) is -0.0246. The van der Waals surface area contributed by atoms with Crippen LogP contribution in [0, 0.1) is 0 Å². The highest BCUT2D eigenvalue weighted by molar-refractivity contribution is 9.09. The maximum absolute atomic E-state index is 11.0. The molecule has 0 aromatic heterocycles. The number of aliphatic hydroxyl groups is 2. The van der Waals surface area contributed by atoms with Gasteiger partial charge in [-0.15, -0.1) is 0 Å². The third-order valence-electron chi connectivity index (χ3n) is 2.32. The lowest BCUT2D eigenvalue weighted by Gasteiger charge is -2.17. The summed E-state index contributed by atoms with van der Waals surface area (Å²) >= 11 is 3.16. The Hall–Kier alpha value is -0.470. The number of hydrogen-bond donors (Lipinski definition) is 3. The third kappa shape index (κ3) is 4.04. The normalized spacial score (nSPS) is 15.5. The molecule has 0 heterocycles. The molecule has 2 unspecified atom stereocenters. The van der Waals surface area contributed by atoms with Gasteiger partial charge in [0.2, 0.25) is 10.0 Å². The summed E-state index contributed by atoms with van der Waals surface area (Å²) < 4.78 is 22.0. The SMILES string of the molecule is NS(=O)(=O)c1ccc(C(O)C(O)CCBr)cc1. The lowest BCUT2D eigenvalue weighted by molar-refractivity contribution is 0.0173. The van der Waals surface area contributed by atoms with Crippen molar-refractivity contribution < 1.29 is 18.6 Å². The van der Waals surface area contributed by atoms with Crippen LogP contribution in [0.3, 0.4) is 0 Å². The summed E-state index contributed by atoms with van der Waals surface area (Å²) in [5.41, 5.74) is 0.450. The van der Waals surface area contributed by atoms with Gasteiger partial charge in [0, 0.05) is 5.33 Å². The van der Waals surface area contributed by atoms with E-state index < -0.39 is 22.2 Å². The van der Waals surface area contributed by atoms with Gasteiger partial charge < -0.3 is 10.2 Å². The topological polar surface area (TPSA) is 101 Å². The number of halogens is 1. The Morgan fingerprint density at radius 2 is 1.76 bits per heavy atom. The molecule has 17 heavy (non-hydrogen) atoms. The Kier molecular flexibility index (Phi) is 5.08. The van der Waals surface area contributed by atoms with Gasteiger partial charge in [-0.2, -0.15) is 0 Å². The van der Waals surface area contributed by atoms with Crippen molar-refractivity contribution >= 4 is 26.0 Å². The minimum absolute atomic E-state index is 0.0246. The zero-order chi connectivity index (χ0) is 13.1. The lowest BCUT2D eigenvalue weighted by atomic mass is 10.0. The van der Waals surface area contributed by atoms with E-state index in [9.17, 15) is 18.6 Å². The molecule has 0 aliphatic rings. The predicted molar refractivity (Wildman–Crippen MR) is 67.2 cm³/mol. The molecular formula is C10H14BrNO4S. The number of hydrogen-bond acceptors (Lipinski definition) is 4. The second-order valence-electron chi connectivity index (χ2n) is 3.60. The fourth-order valence-electron chi connectivity index (χ4n) is 1.35. The second-order valence-corrected chi connectivity index (χ2v) is 5.96. The quantitative estimate of drug-likeness (QED) is 0.687. The Morgan fingerprint density at radius 3 is 2.18 bits per heavy atom. The predicted octanol–water partition coefficient (Wildman–Crippen LogP) is 0.513. The summed E-state index contributed by atoms with van der Waals surface area (Å²) in [6.45, 7) is 0. The molecule has 0 spiro atoms. The number of sulfonamides is 1. The van der Waals surface area contributed by atoms with Crippen LogP contribution in [0.2, 0.25) is 0 Å². The zero-order valence-electron chi connectivity index (χ0n) is 8.95. The minimum atomic E-state index is -3.73. The van der Waals surface area contributed by atoms with Crippen LogP contribution in [0.15, 0.2) is 29.2 Å². The molecule has 5 nitrogen and oxygen atoms in total. The summed E-state index contributed by atoms with van der Waals surface area (Å²) in [7, 11) is -3.73. The van der Waals surface area contributed by atoms with Gasteiger partial charge in [0.05, 0.1) is 11.0 Å². The van der Waals surface area contributed by atoms with Gasteiger partial charge in [0.15, 0.2) is 0 Å². The molecule has 0 radical (unpaired) electrons. The van der Waals surface area contributed by atoms with Crippen molar-refractivity contribution in [2.45, 2.75) is 23.5 Å². The van der Waals surface area contributed by atoms with Crippen molar-refractivity contribution in [3.05, 3.63) is 29.8 Å². The number of alkyl halides is 1. The molecular weight excluding hydrogens is 310 g/mol. The number of aliphatic hydroxyl groups excluding tert-OH is 2. The van der Waals surface area contributed by atoms with Crippen LogP contribution in [-0.2, 0) is 10.0 Å². The first kappa shape index (κ1) is 14.6. The van der Waals surface area contributed by atoms with Gasteiger partial charge in [-0.25, -0.2) is 13.6 Å². The van der Waals surface area contributed by atoms with E-state index in [0.717, 1.165) is 0 Å². The Bertz CT molecular complexity index is 460. The van der Waals surface area contributed by atoms with E-state index in [2.05, 4.69) is 15.9 Å². The molecule has 1 aromatic rings. The van der Waals surface area contributed by atoms with Gasteiger partial charge in [-0.3, -0.25) is 0 Å². The molecule has 7 heteroatoms. The number of benzene rings is 1. The highest BCUT2D eigenvalue weighted by Crippen LogP contribution is 2.20. The molecule has 0 saturated heterocycles. The van der Waals surface area contributed by atoms with E-state index in [1.165, 1.54) is 24.3 Å². The first-order valence-electron chi connectivity index (χ1n) is 4.91. The van der Waals surface area contributed by atoms with Gasteiger partial charge >= 0.3 is 0 Å². The summed E-state index contributed by atoms with van der Waals surface area (Å²) in [5.74, 6) is 0. The zero-order valence-corrected chi connectivity index (χ0v) is 11.4. The molecule has 96 valence electrons. The van der Waals surface area contributed by atoms with Crippen molar-refractivity contribution in [1.82, 2.24) is 0 Å². The maximum atomic E-state index is 11.0. The van der Waals surface area contributed by atoms with E-state index in [1.54, 1.807) is 0 Å². The standard InChI is InChI=1S/C10H14BrNO4S/c11-6-5-9(13)10(14)7-1-3-8(4-2-7)17(12,15)16/h1-4,9-10,13-14H,5-6H2,(H2,12,15,16). The van der Waals surface area contributed by atoms with Crippen molar-refractivity contribution in [3.63, 3.8) is 0 Å². The van der Waals surface area contributed by atoms with E-state index in [4.69, 9.17) is 5.14 Å². The average molecular weight is 324 g/mol. The molecule has 0 fully saturated rings. The first-order valence-corrected chi connectivity index (χ1v) is 7.58. The lowest BCUT2D eigenvalue weighted by Crippen LogP contribution is -2.19. The van der Waals surface area contributed by atoms with Crippen LogP contribution in [0.25, 0.3) is 0 Å². The van der Waals surface area contributed by atoms with Crippen LogP contribution in [0.1, 0.15) is 18.1 Å². The first-order chi connectivity index (χ1) is 7.86. The van der Waals surface area contributed by atoms with Crippen LogP contribution >= 0.6 is 15.9 Å². The van der Waals surface area contributed by atoms with E-state index >= 15 is 0 Å². The van der Waals surface area contributed by atoms with Crippen LogP contribution in [0.4, 0.5) is 0 Å². The molecule has 4 N–H and O–H groups in total. The van der Waals surface area contributed by atoms with Gasteiger partial charge in [-0.05, 0) is 24.1 Å². The third-order valence-corrected chi connectivity index (χ3v) is 3.71. The van der Waals surface area contributed by atoms with Crippen molar-refractivity contribution in [1.29, 1.82) is 0 Å². The summed E-state index contributed by atoms with van der Waals surface area (Å²) in [5, 5.41) is 24.9. The Morgan fingerprint density at radius 1 is 1.24 bits per heavy atom. The number of rotatable bonds is 5. The summed E-state index contributed by atoms with van der Waals surface area (Å²) in [6.07, 6.45) is -1.53. The molecule has 0 amide bonds. The highest BCUT2D eigenvalue weighted by Gasteiger charge is 2.18. The van der Waals surface area contributed by atoms with E-state index in [-0.39, 0.29) is 4.90 Å². The summed E-state index contributed by atoms with van der Waals surface area (Å²) in [6, 6.07) is 5.47. The van der Waals surface area contributed by atoms with Crippen LogP contribution < -0.4 is 5.14 Å². The van der Waals surface area contributed by atoms with Gasteiger partial charge in [0.1, 0.15) is 6.10 Å². The Labute approximate surface area is 108 Å². The highest BCUT2D eigenvalue weighted by atomic mass is 79.9. The second kappa shape index (κ2) is 5.92. The largest absolute Gasteiger partial charge is 0.390 e. The van der Waals surface area contributed by atoms with Crippen molar-refractivity contribution in [2.24, 2.45) is 5.14 Å². The van der Waals surface area contributed by atoms with E-state index in [0.29, 0.717) is 17.3 Å². The fraction of sp³-hybridized carbons (Fsp3) is 0.400. The smallest absolute Gasteiger partial charge is 0.238 e. The number of primary sulfonamides is 1. The number of nitrogens with two attached hydrogens (primary N) is 1. The van der Waals surface area contributed by atoms with Crippen LogP contribution in [0.5, 0.6) is 0 Å². The van der Waals surface area contributed by atoms with Gasteiger partial charge in [-0.1, -0.05) is 28.1 Å². The van der Waals surface area contributed by atoms with Gasteiger partial charge in [0.25, 0.3) is 0 Å². The molecule has 1 rings (SSSR count). The average Bonchev–Trinajstić information content (AvgIpc) is 2.27. The van der Waals surface area contributed by atoms with E-state index in [1.807, 2.05) is 0 Å². The van der Waals surface area contributed by atoms with Crippen molar-refractivity contribution in [3.8, 4) is 0 Å². The monoisotopic (exact) mass is 323 g/mol. The molecule has 0 saturated carbocycles. The molecule has 0 bridgehead atoms. The maximum Gasteiger partial charge on any atom is 0.238 e. The molecule has 0 aliphatic heterocycles. The van der Waals surface area contributed by atoms with Crippen LogP contribution in [-0.4, -0.2) is 30.1 Å². The molecule has 1 aromatic carbocycles.